The monoisotopic (exact) mass is 394 g/mol. The highest BCUT2D eigenvalue weighted by atomic mass is 16.5. The van der Waals surface area contributed by atoms with Crippen molar-refractivity contribution in [2.24, 2.45) is 0 Å². The molecule has 1 aliphatic heterocycles. The van der Waals surface area contributed by atoms with Gasteiger partial charge in [-0.1, -0.05) is 44.2 Å². The normalized spacial score (nSPS) is 14.9. The van der Waals surface area contributed by atoms with Gasteiger partial charge in [-0.3, -0.25) is 0 Å². The Hall–Kier alpha value is -2.42. The molecule has 0 N–H and O–H groups in total. The Bertz CT molecular complexity index is 864. The average Bonchev–Trinajstić information content (AvgIpc) is 3.01. The maximum atomic E-state index is 6.47. The second-order valence-corrected chi connectivity index (χ2v) is 8.65. The van der Waals surface area contributed by atoms with E-state index in [-0.39, 0.29) is 5.60 Å². The molecule has 0 bridgehead atoms. The van der Waals surface area contributed by atoms with E-state index >= 15 is 0 Å². The zero-order valence-corrected chi connectivity index (χ0v) is 18.7. The molecule has 3 rings (SSSR count). The third kappa shape index (κ3) is 4.77. The lowest BCUT2D eigenvalue weighted by atomic mass is 9.87. The highest BCUT2D eigenvalue weighted by Crippen LogP contribution is 2.48. The van der Waals surface area contributed by atoms with Gasteiger partial charge in [0.05, 0.1) is 12.9 Å². The van der Waals surface area contributed by atoms with E-state index in [2.05, 4.69) is 65.0 Å². The molecule has 0 radical (unpaired) electrons. The van der Waals surface area contributed by atoms with Crippen molar-refractivity contribution >= 4 is 0 Å². The molecule has 0 amide bonds. The van der Waals surface area contributed by atoms with Gasteiger partial charge in [-0.05, 0) is 57.2 Å². The van der Waals surface area contributed by atoms with Crippen molar-refractivity contribution in [1.29, 1.82) is 0 Å². The minimum Gasteiger partial charge on any atom is -0.502 e. The molecule has 0 aromatic heterocycles. The van der Waals surface area contributed by atoms with Crippen molar-refractivity contribution in [1.82, 2.24) is 0 Å². The Balaban J connectivity index is 2.06. The summed E-state index contributed by atoms with van der Waals surface area (Å²) in [5.74, 6) is 2.39. The largest absolute Gasteiger partial charge is 0.502 e. The number of ether oxygens (including phenoxy) is 3. The van der Waals surface area contributed by atoms with E-state index < -0.39 is 0 Å². The average molecular weight is 395 g/mol. The van der Waals surface area contributed by atoms with Gasteiger partial charge in [-0.15, -0.1) is 0 Å². The summed E-state index contributed by atoms with van der Waals surface area (Å²) < 4.78 is 18.3. The standard InChI is InChI=1S/C26H34O3/c1-7-27-15-11-14-21-23(18(2)3)24(28-17-20-12-9-8-10-13-20)19(4)22-16-26(5,6)29-25(21)22/h8-13,15,18H,7,14,16-17H2,1-6H3/b15-11-. The van der Waals surface area contributed by atoms with Crippen LogP contribution in [0.25, 0.3) is 0 Å². The first kappa shape index (κ1) is 21.3. The number of allylic oxidation sites excluding steroid dienone is 1. The van der Waals surface area contributed by atoms with Gasteiger partial charge in [0.1, 0.15) is 23.7 Å². The van der Waals surface area contributed by atoms with Gasteiger partial charge >= 0.3 is 0 Å². The highest BCUT2D eigenvalue weighted by Gasteiger charge is 2.36. The predicted octanol–water partition coefficient (Wildman–Crippen LogP) is 6.50. The lowest BCUT2D eigenvalue weighted by molar-refractivity contribution is 0.137. The Morgan fingerprint density at radius 1 is 1.17 bits per heavy atom. The first-order valence-electron chi connectivity index (χ1n) is 10.6. The molecule has 3 heteroatoms. The summed E-state index contributed by atoms with van der Waals surface area (Å²) in [6.45, 7) is 14.2. The lowest BCUT2D eigenvalue weighted by Gasteiger charge is -2.24. The van der Waals surface area contributed by atoms with Gasteiger partial charge in [0, 0.05) is 23.1 Å². The van der Waals surface area contributed by atoms with Gasteiger partial charge in [0.15, 0.2) is 0 Å². The molecule has 1 heterocycles. The quantitative estimate of drug-likeness (QED) is 0.478. The van der Waals surface area contributed by atoms with Crippen LogP contribution in [0.2, 0.25) is 0 Å². The van der Waals surface area contributed by atoms with Crippen LogP contribution in [0.3, 0.4) is 0 Å². The molecule has 0 saturated heterocycles. The maximum Gasteiger partial charge on any atom is 0.127 e. The molecule has 0 unspecified atom stereocenters. The molecule has 0 fully saturated rings. The van der Waals surface area contributed by atoms with Crippen LogP contribution in [0, 0.1) is 6.92 Å². The van der Waals surface area contributed by atoms with E-state index in [1.807, 2.05) is 13.0 Å². The minimum atomic E-state index is -0.197. The number of hydrogen-bond acceptors (Lipinski definition) is 3. The van der Waals surface area contributed by atoms with Gasteiger partial charge in [-0.2, -0.15) is 0 Å². The summed E-state index contributed by atoms with van der Waals surface area (Å²) in [4.78, 5) is 0. The van der Waals surface area contributed by atoms with E-state index in [1.54, 1.807) is 6.26 Å². The van der Waals surface area contributed by atoms with Gasteiger partial charge in [0.25, 0.3) is 0 Å². The van der Waals surface area contributed by atoms with Crippen molar-refractivity contribution < 1.29 is 14.2 Å². The van der Waals surface area contributed by atoms with E-state index in [1.165, 1.54) is 27.8 Å². The predicted molar refractivity (Wildman–Crippen MR) is 119 cm³/mol. The molecule has 0 spiro atoms. The van der Waals surface area contributed by atoms with Crippen LogP contribution < -0.4 is 9.47 Å². The SMILES string of the molecule is CCO/C=C\Cc1c2c(c(C)c(OCc3ccccc3)c1C(C)C)CC(C)(C)O2. The first-order chi connectivity index (χ1) is 13.8. The highest BCUT2D eigenvalue weighted by molar-refractivity contribution is 5.62. The van der Waals surface area contributed by atoms with Crippen molar-refractivity contribution in [2.75, 3.05) is 6.61 Å². The minimum absolute atomic E-state index is 0.197. The number of hydrogen-bond donors (Lipinski definition) is 0. The molecule has 156 valence electrons. The Labute approximate surface area is 175 Å². The fourth-order valence-corrected chi connectivity index (χ4v) is 4.08. The number of fused-ring (bicyclic) bond motifs is 1. The first-order valence-corrected chi connectivity index (χ1v) is 10.6. The number of rotatable bonds is 8. The third-order valence-electron chi connectivity index (χ3n) is 5.38. The summed E-state index contributed by atoms with van der Waals surface area (Å²) in [6.07, 6.45) is 5.54. The zero-order chi connectivity index (χ0) is 21.0. The molecule has 0 aliphatic carbocycles. The lowest BCUT2D eigenvalue weighted by Crippen LogP contribution is -2.25. The molecular weight excluding hydrogens is 360 g/mol. The molecule has 2 aromatic rings. The molecule has 0 atom stereocenters. The van der Waals surface area contributed by atoms with E-state index in [9.17, 15) is 0 Å². The second kappa shape index (κ2) is 8.94. The van der Waals surface area contributed by atoms with Crippen LogP contribution in [-0.4, -0.2) is 12.2 Å². The van der Waals surface area contributed by atoms with Gasteiger partial charge in [0.2, 0.25) is 0 Å². The summed E-state index contributed by atoms with van der Waals surface area (Å²) in [7, 11) is 0. The molecule has 0 saturated carbocycles. The van der Waals surface area contributed by atoms with Crippen LogP contribution in [0.4, 0.5) is 0 Å². The van der Waals surface area contributed by atoms with Crippen molar-refractivity contribution in [3.8, 4) is 11.5 Å². The third-order valence-corrected chi connectivity index (χ3v) is 5.38. The van der Waals surface area contributed by atoms with Crippen LogP contribution in [0.1, 0.15) is 68.4 Å². The fraction of sp³-hybridized carbons (Fsp3) is 0.462. The van der Waals surface area contributed by atoms with Crippen molar-refractivity contribution in [3.05, 3.63) is 70.5 Å². The molecule has 1 aliphatic rings. The Kier molecular flexibility index (Phi) is 6.56. The number of benzene rings is 2. The Morgan fingerprint density at radius 2 is 1.90 bits per heavy atom. The summed E-state index contributed by atoms with van der Waals surface area (Å²) >= 11 is 0. The summed E-state index contributed by atoms with van der Waals surface area (Å²) in [5, 5.41) is 0. The smallest absolute Gasteiger partial charge is 0.127 e. The van der Waals surface area contributed by atoms with Gasteiger partial charge < -0.3 is 14.2 Å². The molecule has 3 nitrogen and oxygen atoms in total. The Morgan fingerprint density at radius 3 is 2.55 bits per heavy atom. The van der Waals surface area contributed by atoms with Crippen LogP contribution in [-0.2, 0) is 24.2 Å². The van der Waals surface area contributed by atoms with Crippen LogP contribution >= 0.6 is 0 Å². The van der Waals surface area contributed by atoms with E-state index in [0.717, 1.165) is 24.3 Å². The summed E-state index contributed by atoms with van der Waals surface area (Å²) in [5.41, 5.74) is 5.94. The molecular formula is C26H34O3. The molecule has 29 heavy (non-hydrogen) atoms. The second-order valence-electron chi connectivity index (χ2n) is 8.65. The van der Waals surface area contributed by atoms with E-state index in [4.69, 9.17) is 14.2 Å². The van der Waals surface area contributed by atoms with E-state index in [0.29, 0.717) is 19.1 Å². The topological polar surface area (TPSA) is 27.7 Å². The fourth-order valence-electron chi connectivity index (χ4n) is 4.08. The molecule has 2 aromatic carbocycles. The van der Waals surface area contributed by atoms with Crippen LogP contribution in [0.5, 0.6) is 11.5 Å². The van der Waals surface area contributed by atoms with Crippen molar-refractivity contribution in [2.45, 2.75) is 72.5 Å². The van der Waals surface area contributed by atoms with Gasteiger partial charge in [-0.25, -0.2) is 0 Å². The van der Waals surface area contributed by atoms with Crippen molar-refractivity contribution in [3.63, 3.8) is 0 Å². The zero-order valence-electron chi connectivity index (χ0n) is 18.7. The maximum absolute atomic E-state index is 6.47. The van der Waals surface area contributed by atoms with Crippen LogP contribution in [0.15, 0.2) is 42.7 Å². The summed E-state index contributed by atoms with van der Waals surface area (Å²) in [6, 6.07) is 10.4.